The number of carbonyl (C=O) groups excluding carboxylic acids is 1. The number of benzene rings is 2. The minimum absolute atomic E-state index is 0.284. The number of hydrogen-bond acceptors (Lipinski definition) is 4. The molecule has 0 spiro atoms. The minimum Gasteiger partial charge on any atom is -0.399 e. The van der Waals surface area contributed by atoms with E-state index >= 15 is 0 Å². The standard InChI is InChI=1S/C15H16N4O/c1-10(12-3-2-4-14(17)9-12)18-19-15(20)11-5-7-13(16)8-6-11/h2-9H,16-17H2,1H3,(H,19,20)/b18-10-. The Bertz CT molecular complexity index is 647. The van der Waals surface area contributed by atoms with E-state index in [1.807, 2.05) is 12.1 Å². The van der Waals surface area contributed by atoms with Crippen molar-refractivity contribution in [2.45, 2.75) is 6.92 Å². The Balaban J connectivity index is 2.08. The fraction of sp³-hybridized carbons (Fsp3) is 0.0667. The van der Waals surface area contributed by atoms with E-state index in [4.69, 9.17) is 11.5 Å². The van der Waals surface area contributed by atoms with Crippen molar-refractivity contribution in [2.75, 3.05) is 11.5 Å². The van der Waals surface area contributed by atoms with Gasteiger partial charge in [0.2, 0.25) is 0 Å². The molecular weight excluding hydrogens is 252 g/mol. The fourth-order valence-corrected chi connectivity index (χ4v) is 1.66. The Morgan fingerprint density at radius 3 is 2.35 bits per heavy atom. The summed E-state index contributed by atoms with van der Waals surface area (Å²) < 4.78 is 0. The van der Waals surface area contributed by atoms with Crippen molar-refractivity contribution in [3.05, 3.63) is 59.7 Å². The SMILES string of the molecule is C/C(=N/NC(=O)c1ccc(N)cc1)c1cccc(N)c1. The van der Waals surface area contributed by atoms with Gasteiger partial charge < -0.3 is 11.5 Å². The van der Waals surface area contributed by atoms with Crippen LogP contribution in [-0.2, 0) is 0 Å². The third-order valence-corrected chi connectivity index (χ3v) is 2.80. The summed E-state index contributed by atoms with van der Waals surface area (Å²) in [6.07, 6.45) is 0. The van der Waals surface area contributed by atoms with Crippen LogP contribution >= 0.6 is 0 Å². The van der Waals surface area contributed by atoms with Gasteiger partial charge in [0.15, 0.2) is 0 Å². The van der Waals surface area contributed by atoms with Crippen LogP contribution in [0.15, 0.2) is 53.6 Å². The van der Waals surface area contributed by atoms with Crippen molar-refractivity contribution in [2.24, 2.45) is 5.10 Å². The second kappa shape index (κ2) is 5.88. The molecule has 102 valence electrons. The Labute approximate surface area is 117 Å². The zero-order chi connectivity index (χ0) is 14.5. The molecule has 0 radical (unpaired) electrons. The Hall–Kier alpha value is -2.82. The molecule has 0 fully saturated rings. The van der Waals surface area contributed by atoms with Gasteiger partial charge in [-0.2, -0.15) is 5.10 Å². The Morgan fingerprint density at radius 1 is 1.00 bits per heavy atom. The smallest absolute Gasteiger partial charge is 0.271 e. The highest BCUT2D eigenvalue weighted by Gasteiger charge is 2.04. The number of hydrogen-bond donors (Lipinski definition) is 3. The predicted molar refractivity (Wildman–Crippen MR) is 81.4 cm³/mol. The Kier molecular flexibility index (Phi) is 4.00. The molecule has 0 saturated carbocycles. The second-order valence-corrected chi connectivity index (χ2v) is 4.39. The van der Waals surface area contributed by atoms with Gasteiger partial charge in [-0.15, -0.1) is 0 Å². The van der Waals surface area contributed by atoms with Crippen molar-refractivity contribution >= 4 is 23.0 Å². The Morgan fingerprint density at radius 2 is 1.70 bits per heavy atom. The lowest BCUT2D eigenvalue weighted by molar-refractivity contribution is 0.0955. The zero-order valence-corrected chi connectivity index (χ0v) is 11.1. The van der Waals surface area contributed by atoms with Gasteiger partial charge in [0.1, 0.15) is 0 Å². The van der Waals surface area contributed by atoms with Crippen LogP contribution in [0.4, 0.5) is 11.4 Å². The van der Waals surface area contributed by atoms with Gasteiger partial charge in [-0.25, -0.2) is 5.43 Å². The summed E-state index contributed by atoms with van der Waals surface area (Å²) in [5.74, 6) is -0.284. The summed E-state index contributed by atoms with van der Waals surface area (Å²) in [4.78, 5) is 11.9. The lowest BCUT2D eigenvalue weighted by atomic mass is 10.1. The van der Waals surface area contributed by atoms with Gasteiger partial charge >= 0.3 is 0 Å². The molecule has 5 N–H and O–H groups in total. The first kappa shape index (κ1) is 13.6. The van der Waals surface area contributed by atoms with E-state index in [0.717, 1.165) is 5.56 Å². The molecule has 0 unspecified atom stereocenters. The first-order valence-corrected chi connectivity index (χ1v) is 6.12. The molecule has 0 bridgehead atoms. The summed E-state index contributed by atoms with van der Waals surface area (Å²) in [5, 5.41) is 4.06. The van der Waals surface area contributed by atoms with E-state index < -0.39 is 0 Å². The summed E-state index contributed by atoms with van der Waals surface area (Å²) in [5.41, 5.74) is 17.1. The molecule has 0 aliphatic carbocycles. The largest absolute Gasteiger partial charge is 0.399 e. The third-order valence-electron chi connectivity index (χ3n) is 2.80. The van der Waals surface area contributed by atoms with Crippen molar-refractivity contribution < 1.29 is 4.79 Å². The van der Waals surface area contributed by atoms with Crippen molar-refractivity contribution in [1.82, 2.24) is 5.43 Å². The number of carbonyl (C=O) groups is 1. The highest BCUT2D eigenvalue weighted by atomic mass is 16.2. The quantitative estimate of drug-likeness (QED) is 0.451. The van der Waals surface area contributed by atoms with Crippen LogP contribution in [0.5, 0.6) is 0 Å². The van der Waals surface area contributed by atoms with E-state index in [9.17, 15) is 4.79 Å². The van der Waals surface area contributed by atoms with Gasteiger partial charge in [-0.05, 0) is 48.9 Å². The van der Waals surface area contributed by atoms with E-state index in [2.05, 4.69) is 10.5 Å². The van der Waals surface area contributed by atoms with Crippen molar-refractivity contribution in [1.29, 1.82) is 0 Å². The van der Waals surface area contributed by atoms with E-state index in [1.165, 1.54) is 0 Å². The number of nitrogen functional groups attached to an aromatic ring is 2. The highest BCUT2D eigenvalue weighted by molar-refractivity contribution is 6.01. The summed E-state index contributed by atoms with van der Waals surface area (Å²) in [6.45, 7) is 1.80. The van der Waals surface area contributed by atoms with Crippen LogP contribution in [-0.4, -0.2) is 11.6 Å². The summed E-state index contributed by atoms with van der Waals surface area (Å²) >= 11 is 0. The molecule has 20 heavy (non-hydrogen) atoms. The molecule has 1 amide bonds. The van der Waals surface area contributed by atoms with Crippen LogP contribution in [0.2, 0.25) is 0 Å². The van der Waals surface area contributed by atoms with Gasteiger partial charge in [-0.3, -0.25) is 4.79 Å². The zero-order valence-electron chi connectivity index (χ0n) is 11.1. The molecule has 2 aromatic rings. The first-order valence-electron chi connectivity index (χ1n) is 6.12. The van der Waals surface area contributed by atoms with Gasteiger partial charge in [0.25, 0.3) is 5.91 Å². The average Bonchev–Trinajstić information content (AvgIpc) is 2.45. The maximum absolute atomic E-state index is 11.9. The molecule has 5 heteroatoms. The van der Waals surface area contributed by atoms with Crippen LogP contribution in [0.3, 0.4) is 0 Å². The molecule has 0 aromatic heterocycles. The molecule has 0 saturated heterocycles. The molecule has 0 aliphatic heterocycles. The number of anilines is 2. The molecule has 0 atom stereocenters. The number of rotatable bonds is 3. The number of hydrazone groups is 1. The van der Waals surface area contributed by atoms with Crippen LogP contribution in [0, 0.1) is 0 Å². The van der Waals surface area contributed by atoms with E-state index in [-0.39, 0.29) is 5.91 Å². The number of nitrogens with zero attached hydrogens (tertiary/aromatic N) is 1. The number of nitrogens with two attached hydrogens (primary N) is 2. The molecule has 0 aliphatic rings. The normalized spacial score (nSPS) is 11.2. The molecular formula is C15H16N4O. The van der Waals surface area contributed by atoms with Gasteiger partial charge in [-0.1, -0.05) is 12.1 Å². The lowest BCUT2D eigenvalue weighted by Crippen LogP contribution is -2.19. The van der Waals surface area contributed by atoms with Gasteiger partial charge in [0.05, 0.1) is 5.71 Å². The first-order chi connectivity index (χ1) is 9.56. The molecule has 2 rings (SSSR count). The molecule has 2 aromatic carbocycles. The van der Waals surface area contributed by atoms with Gasteiger partial charge in [0, 0.05) is 16.9 Å². The lowest BCUT2D eigenvalue weighted by Gasteiger charge is -2.04. The predicted octanol–water partition coefficient (Wildman–Crippen LogP) is 2.00. The van der Waals surface area contributed by atoms with Crippen LogP contribution in [0.25, 0.3) is 0 Å². The number of nitrogens with one attached hydrogen (secondary N) is 1. The second-order valence-electron chi connectivity index (χ2n) is 4.39. The minimum atomic E-state index is -0.284. The topological polar surface area (TPSA) is 93.5 Å². The fourth-order valence-electron chi connectivity index (χ4n) is 1.66. The maximum Gasteiger partial charge on any atom is 0.271 e. The number of amides is 1. The monoisotopic (exact) mass is 268 g/mol. The van der Waals surface area contributed by atoms with Crippen molar-refractivity contribution in [3.8, 4) is 0 Å². The summed E-state index contributed by atoms with van der Waals surface area (Å²) in [7, 11) is 0. The van der Waals surface area contributed by atoms with Crippen molar-refractivity contribution in [3.63, 3.8) is 0 Å². The average molecular weight is 268 g/mol. The molecule has 0 heterocycles. The van der Waals surface area contributed by atoms with Crippen LogP contribution in [0.1, 0.15) is 22.8 Å². The summed E-state index contributed by atoms with van der Waals surface area (Å²) in [6, 6.07) is 14.0. The van der Waals surface area contributed by atoms with E-state index in [1.54, 1.807) is 43.3 Å². The maximum atomic E-state index is 11.9. The third kappa shape index (κ3) is 3.35. The van der Waals surface area contributed by atoms with E-state index in [0.29, 0.717) is 22.6 Å². The molecule has 5 nitrogen and oxygen atoms in total. The highest BCUT2D eigenvalue weighted by Crippen LogP contribution is 2.08. The van der Waals surface area contributed by atoms with Crippen LogP contribution < -0.4 is 16.9 Å².